The molecule has 0 amide bonds. The molecule has 3 N–H and O–H groups in total. The van der Waals surface area contributed by atoms with E-state index in [-0.39, 0.29) is 5.76 Å². The quantitative estimate of drug-likeness (QED) is 0.544. The first-order chi connectivity index (χ1) is 4.51. The molecule has 0 fully saturated rings. The summed E-state index contributed by atoms with van der Waals surface area (Å²) in [5.41, 5.74) is 4.64. The van der Waals surface area contributed by atoms with Crippen LogP contribution in [0.15, 0.2) is 11.8 Å². The summed E-state index contributed by atoms with van der Waals surface area (Å²) in [4.78, 5) is 10.2. The summed E-state index contributed by atoms with van der Waals surface area (Å²) < 4.78 is 4.85. The predicted octanol–water partition coefficient (Wildman–Crippen LogP) is 0.0501. The molecule has 56 valence electrons. The monoisotopic (exact) mass is 143 g/mol. The van der Waals surface area contributed by atoms with Crippen molar-refractivity contribution in [1.82, 2.24) is 0 Å². The second-order valence-corrected chi connectivity index (χ2v) is 2.49. The molecular weight excluding hydrogens is 134 g/mol. The standard InChI is InChI=1S/C6H9NO3/c1-6(7)3-2-4(10-6)5(8)9/h2H,3,7H2,1H3,(H,8,9). The topological polar surface area (TPSA) is 72.6 Å². The van der Waals surface area contributed by atoms with Crippen LogP contribution in [0.1, 0.15) is 13.3 Å². The highest BCUT2D eigenvalue weighted by Crippen LogP contribution is 2.22. The van der Waals surface area contributed by atoms with Gasteiger partial charge in [-0.1, -0.05) is 0 Å². The van der Waals surface area contributed by atoms with Crippen molar-refractivity contribution in [3.05, 3.63) is 11.8 Å². The number of aliphatic carboxylic acids is 1. The van der Waals surface area contributed by atoms with Crippen LogP contribution in [0.4, 0.5) is 0 Å². The van der Waals surface area contributed by atoms with E-state index < -0.39 is 11.7 Å². The van der Waals surface area contributed by atoms with Gasteiger partial charge in [-0.2, -0.15) is 0 Å². The number of hydrogen-bond donors (Lipinski definition) is 2. The molecule has 0 spiro atoms. The molecule has 0 bridgehead atoms. The van der Waals surface area contributed by atoms with Crippen LogP contribution < -0.4 is 5.73 Å². The summed E-state index contributed by atoms with van der Waals surface area (Å²) in [6.45, 7) is 1.64. The average Bonchev–Trinajstić information content (AvgIpc) is 2.10. The average molecular weight is 143 g/mol. The molecule has 0 aromatic carbocycles. The fourth-order valence-electron chi connectivity index (χ4n) is 0.761. The van der Waals surface area contributed by atoms with Gasteiger partial charge in [-0.05, 0) is 13.0 Å². The van der Waals surface area contributed by atoms with Crippen molar-refractivity contribution < 1.29 is 14.6 Å². The van der Waals surface area contributed by atoms with Crippen LogP contribution in [0.25, 0.3) is 0 Å². The maximum absolute atomic E-state index is 10.2. The Bertz CT molecular complexity index is 195. The third-order valence-corrected chi connectivity index (χ3v) is 1.25. The van der Waals surface area contributed by atoms with Gasteiger partial charge in [-0.15, -0.1) is 0 Å². The third kappa shape index (κ3) is 1.27. The van der Waals surface area contributed by atoms with Gasteiger partial charge in [0.25, 0.3) is 0 Å². The molecule has 0 radical (unpaired) electrons. The van der Waals surface area contributed by atoms with Crippen LogP contribution in [0.5, 0.6) is 0 Å². The summed E-state index contributed by atoms with van der Waals surface area (Å²) >= 11 is 0. The lowest BCUT2D eigenvalue weighted by molar-refractivity contribution is -0.138. The zero-order valence-corrected chi connectivity index (χ0v) is 5.63. The van der Waals surface area contributed by atoms with Gasteiger partial charge in [0.2, 0.25) is 5.76 Å². The lowest BCUT2D eigenvalue weighted by atomic mass is 10.2. The first-order valence-corrected chi connectivity index (χ1v) is 2.93. The molecule has 1 aliphatic rings. The highest BCUT2D eigenvalue weighted by Gasteiger charge is 2.29. The van der Waals surface area contributed by atoms with E-state index in [4.69, 9.17) is 15.6 Å². The Hall–Kier alpha value is -1.03. The summed E-state index contributed by atoms with van der Waals surface area (Å²) in [5, 5.41) is 8.40. The maximum Gasteiger partial charge on any atom is 0.370 e. The summed E-state index contributed by atoms with van der Waals surface area (Å²) in [6.07, 6.45) is 1.93. The van der Waals surface area contributed by atoms with E-state index in [2.05, 4.69) is 0 Å². The molecule has 1 rings (SSSR count). The zero-order chi connectivity index (χ0) is 7.78. The van der Waals surface area contributed by atoms with Crippen LogP contribution in [0.3, 0.4) is 0 Å². The van der Waals surface area contributed by atoms with Gasteiger partial charge in [-0.3, -0.25) is 5.73 Å². The summed E-state index contributed by atoms with van der Waals surface area (Å²) in [7, 11) is 0. The van der Waals surface area contributed by atoms with E-state index in [0.29, 0.717) is 6.42 Å². The van der Waals surface area contributed by atoms with E-state index in [1.165, 1.54) is 6.08 Å². The number of hydrogen-bond acceptors (Lipinski definition) is 3. The Morgan fingerprint density at radius 2 is 2.60 bits per heavy atom. The van der Waals surface area contributed by atoms with Crippen LogP contribution in [-0.2, 0) is 9.53 Å². The molecule has 0 aromatic heterocycles. The second kappa shape index (κ2) is 1.98. The van der Waals surface area contributed by atoms with Crippen molar-refractivity contribution in [2.24, 2.45) is 5.73 Å². The predicted molar refractivity (Wildman–Crippen MR) is 34.0 cm³/mol. The Balaban J connectivity index is 2.64. The van der Waals surface area contributed by atoms with E-state index in [1.807, 2.05) is 0 Å². The van der Waals surface area contributed by atoms with Crippen LogP contribution in [0, 0.1) is 0 Å². The van der Waals surface area contributed by atoms with Crippen molar-refractivity contribution in [1.29, 1.82) is 0 Å². The Labute approximate surface area is 58.3 Å². The smallest absolute Gasteiger partial charge is 0.370 e. The Morgan fingerprint density at radius 3 is 2.80 bits per heavy atom. The number of nitrogens with two attached hydrogens (primary N) is 1. The molecule has 1 heterocycles. The molecule has 0 saturated heterocycles. The number of rotatable bonds is 1. The van der Waals surface area contributed by atoms with E-state index >= 15 is 0 Å². The molecule has 0 saturated carbocycles. The third-order valence-electron chi connectivity index (χ3n) is 1.25. The summed E-state index contributed by atoms with van der Waals surface area (Å²) in [5.74, 6) is -1.11. The van der Waals surface area contributed by atoms with E-state index in [1.54, 1.807) is 6.92 Å². The van der Waals surface area contributed by atoms with Gasteiger partial charge < -0.3 is 9.84 Å². The lowest BCUT2D eigenvalue weighted by Gasteiger charge is -2.17. The highest BCUT2D eigenvalue weighted by atomic mass is 16.5. The van der Waals surface area contributed by atoms with Crippen molar-refractivity contribution >= 4 is 5.97 Å². The van der Waals surface area contributed by atoms with E-state index in [0.717, 1.165) is 0 Å². The molecule has 1 aliphatic heterocycles. The van der Waals surface area contributed by atoms with Gasteiger partial charge >= 0.3 is 5.97 Å². The zero-order valence-electron chi connectivity index (χ0n) is 5.63. The minimum Gasteiger partial charge on any atom is -0.475 e. The molecular formula is C6H9NO3. The largest absolute Gasteiger partial charge is 0.475 e. The SMILES string of the molecule is CC1(N)CC=C(C(=O)O)O1. The molecule has 1 unspecified atom stereocenters. The van der Waals surface area contributed by atoms with Gasteiger partial charge in [0, 0.05) is 6.42 Å². The minimum atomic E-state index is -1.06. The van der Waals surface area contributed by atoms with Crippen LogP contribution in [0.2, 0.25) is 0 Å². The molecule has 0 aliphatic carbocycles. The minimum absolute atomic E-state index is 0.0509. The van der Waals surface area contributed by atoms with E-state index in [9.17, 15) is 4.79 Å². The number of carboxylic acids is 1. The first kappa shape index (κ1) is 7.08. The molecule has 4 heteroatoms. The number of carboxylic acid groups (broad SMARTS) is 1. The van der Waals surface area contributed by atoms with Gasteiger partial charge in [0.15, 0.2) is 5.72 Å². The van der Waals surface area contributed by atoms with Gasteiger partial charge in [0.05, 0.1) is 0 Å². The Kier molecular flexibility index (Phi) is 1.40. The van der Waals surface area contributed by atoms with Crippen molar-refractivity contribution in [2.75, 3.05) is 0 Å². The summed E-state index contributed by atoms with van der Waals surface area (Å²) in [6, 6.07) is 0. The first-order valence-electron chi connectivity index (χ1n) is 2.93. The second-order valence-electron chi connectivity index (χ2n) is 2.49. The van der Waals surface area contributed by atoms with Crippen molar-refractivity contribution in [3.63, 3.8) is 0 Å². The fourth-order valence-corrected chi connectivity index (χ4v) is 0.761. The Morgan fingerprint density at radius 1 is 2.00 bits per heavy atom. The highest BCUT2D eigenvalue weighted by molar-refractivity contribution is 5.84. The van der Waals surface area contributed by atoms with Crippen molar-refractivity contribution in [2.45, 2.75) is 19.1 Å². The lowest BCUT2D eigenvalue weighted by Crippen LogP contribution is -2.35. The van der Waals surface area contributed by atoms with Crippen LogP contribution >= 0.6 is 0 Å². The number of carbonyl (C=O) groups is 1. The maximum atomic E-state index is 10.2. The molecule has 1 atom stereocenters. The van der Waals surface area contributed by atoms with Crippen molar-refractivity contribution in [3.8, 4) is 0 Å². The normalized spacial score (nSPS) is 31.2. The van der Waals surface area contributed by atoms with Gasteiger partial charge in [0.1, 0.15) is 0 Å². The molecule has 4 nitrogen and oxygen atoms in total. The van der Waals surface area contributed by atoms with Gasteiger partial charge in [-0.25, -0.2) is 4.79 Å². The molecule has 0 aromatic rings. The van der Waals surface area contributed by atoms with Crippen LogP contribution in [-0.4, -0.2) is 16.8 Å². The fraction of sp³-hybridized carbons (Fsp3) is 0.500. The number of ether oxygens (including phenoxy) is 1. The molecule has 10 heavy (non-hydrogen) atoms.